The van der Waals surface area contributed by atoms with Crippen molar-refractivity contribution in [3.05, 3.63) is 112 Å². The molecule has 3 aromatic heterocycles. The van der Waals surface area contributed by atoms with Crippen LogP contribution in [0.5, 0.6) is 0 Å². The van der Waals surface area contributed by atoms with Gasteiger partial charge in [-0.15, -0.1) is 0 Å². The highest BCUT2D eigenvalue weighted by Crippen LogP contribution is 2.35. The van der Waals surface area contributed by atoms with Gasteiger partial charge in [0.1, 0.15) is 17.2 Å². The number of thiophene rings is 1. The van der Waals surface area contributed by atoms with Gasteiger partial charge in [0, 0.05) is 17.1 Å². The summed E-state index contributed by atoms with van der Waals surface area (Å²) in [5.41, 5.74) is 5.25. The van der Waals surface area contributed by atoms with E-state index in [1.54, 1.807) is 11.3 Å². The van der Waals surface area contributed by atoms with Crippen molar-refractivity contribution < 1.29 is 0 Å². The lowest BCUT2D eigenvalue weighted by molar-refractivity contribution is 0.922. The first kappa shape index (κ1) is 18.0. The minimum Gasteiger partial charge on any atom is -0.358 e. The Balaban J connectivity index is 1.69. The molecule has 0 saturated heterocycles. The topological polar surface area (TPSA) is 29.3 Å². The molecule has 0 spiro atoms. The van der Waals surface area contributed by atoms with Gasteiger partial charge >= 0.3 is 0 Å². The van der Waals surface area contributed by atoms with Crippen molar-refractivity contribution in [3.8, 4) is 11.3 Å². The van der Waals surface area contributed by atoms with Crippen LogP contribution in [0.15, 0.2) is 95.8 Å². The van der Waals surface area contributed by atoms with Crippen molar-refractivity contribution >= 4 is 34.4 Å². The summed E-state index contributed by atoms with van der Waals surface area (Å²) in [7, 11) is 0. The van der Waals surface area contributed by atoms with Crippen LogP contribution >= 0.6 is 22.9 Å². The molecule has 0 atom stereocenters. The number of imidazole rings is 1. The van der Waals surface area contributed by atoms with Gasteiger partial charge in [0.15, 0.2) is 0 Å². The standard InChI is InChI=1S/C24H18ClN3S/c25-20-11-12-21-26-23(19-13-14-29-16-19)24(28(21)15-20)27-22(17-7-3-1-4-8-17)18-9-5-2-6-10-18/h1-16,22,27H. The molecule has 0 radical (unpaired) electrons. The van der Waals surface area contributed by atoms with Crippen molar-refractivity contribution in [2.75, 3.05) is 5.32 Å². The van der Waals surface area contributed by atoms with E-state index in [-0.39, 0.29) is 6.04 Å². The molecule has 5 rings (SSSR count). The molecular formula is C24H18ClN3S. The lowest BCUT2D eigenvalue weighted by Gasteiger charge is -2.21. The average molecular weight is 416 g/mol. The van der Waals surface area contributed by atoms with Gasteiger partial charge in [-0.2, -0.15) is 11.3 Å². The number of benzene rings is 2. The molecule has 0 aliphatic heterocycles. The highest BCUT2D eigenvalue weighted by atomic mass is 35.5. The van der Waals surface area contributed by atoms with Crippen LogP contribution in [0, 0.1) is 0 Å². The van der Waals surface area contributed by atoms with Gasteiger partial charge in [-0.05, 0) is 34.7 Å². The number of rotatable bonds is 5. The second-order valence-corrected chi connectivity index (χ2v) is 8.01. The SMILES string of the molecule is Clc1ccc2nc(-c3ccsc3)c(NC(c3ccccc3)c3ccccc3)n2c1. The van der Waals surface area contributed by atoms with Gasteiger partial charge in [-0.3, -0.25) is 4.40 Å². The Morgan fingerprint density at radius 3 is 2.17 bits per heavy atom. The molecule has 2 aromatic carbocycles. The summed E-state index contributed by atoms with van der Waals surface area (Å²) >= 11 is 7.99. The zero-order valence-electron chi connectivity index (χ0n) is 15.5. The van der Waals surface area contributed by atoms with Crippen molar-refractivity contribution in [1.82, 2.24) is 9.38 Å². The zero-order chi connectivity index (χ0) is 19.6. The number of halogens is 1. The molecule has 3 heterocycles. The maximum Gasteiger partial charge on any atom is 0.139 e. The number of pyridine rings is 1. The predicted octanol–water partition coefficient (Wildman–Crippen LogP) is 6.92. The maximum atomic E-state index is 6.32. The van der Waals surface area contributed by atoms with Crippen molar-refractivity contribution in [1.29, 1.82) is 0 Å². The number of fused-ring (bicyclic) bond motifs is 1. The summed E-state index contributed by atoms with van der Waals surface area (Å²) in [4.78, 5) is 4.89. The third kappa shape index (κ3) is 3.53. The minimum atomic E-state index is -0.0198. The molecular weight excluding hydrogens is 398 g/mol. The highest BCUT2D eigenvalue weighted by Gasteiger charge is 2.20. The van der Waals surface area contributed by atoms with Gasteiger partial charge in [0.05, 0.1) is 11.1 Å². The number of hydrogen-bond donors (Lipinski definition) is 1. The quantitative estimate of drug-likeness (QED) is 0.337. The van der Waals surface area contributed by atoms with Crippen LogP contribution < -0.4 is 5.32 Å². The monoisotopic (exact) mass is 415 g/mol. The molecule has 142 valence electrons. The molecule has 0 aliphatic carbocycles. The summed E-state index contributed by atoms with van der Waals surface area (Å²) in [6, 6.07) is 26.8. The van der Waals surface area contributed by atoms with Gasteiger partial charge < -0.3 is 5.32 Å². The fourth-order valence-corrected chi connectivity index (χ4v) is 4.35. The molecule has 0 fully saturated rings. The smallest absolute Gasteiger partial charge is 0.139 e. The van der Waals surface area contributed by atoms with E-state index in [9.17, 15) is 0 Å². The third-order valence-electron chi connectivity index (χ3n) is 4.92. The molecule has 0 amide bonds. The number of aromatic nitrogens is 2. The fraction of sp³-hybridized carbons (Fsp3) is 0.0417. The van der Waals surface area contributed by atoms with Crippen LogP contribution in [0.3, 0.4) is 0 Å². The molecule has 0 unspecified atom stereocenters. The van der Waals surface area contributed by atoms with Crippen LogP contribution in [0.2, 0.25) is 5.02 Å². The number of hydrogen-bond acceptors (Lipinski definition) is 3. The van der Waals surface area contributed by atoms with Crippen LogP contribution in [-0.4, -0.2) is 9.38 Å². The van der Waals surface area contributed by atoms with E-state index in [1.807, 2.05) is 34.9 Å². The summed E-state index contributed by atoms with van der Waals surface area (Å²) in [6.45, 7) is 0. The van der Waals surface area contributed by atoms with Crippen molar-refractivity contribution in [2.24, 2.45) is 0 Å². The third-order valence-corrected chi connectivity index (χ3v) is 5.83. The Bertz CT molecular complexity index is 1190. The van der Waals surface area contributed by atoms with Crippen LogP contribution in [0.4, 0.5) is 5.82 Å². The zero-order valence-corrected chi connectivity index (χ0v) is 17.1. The normalized spacial score (nSPS) is 11.2. The Labute approximate surface area is 178 Å². The molecule has 5 heteroatoms. The largest absolute Gasteiger partial charge is 0.358 e. The Hall–Kier alpha value is -3.08. The lowest BCUT2D eigenvalue weighted by Crippen LogP contribution is -2.14. The van der Waals surface area contributed by atoms with Crippen LogP contribution in [0.1, 0.15) is 17.2 Å². The van der Waals surface area contributed by atoms with Crippen LogP contribution in [-0.2, 0) is 0 Å². The van der Waals surface area contributed by atoms with E-state index in [0.29, 0.717) is 5.02 Å². The summed E-state index contributed by atoms with van der Waals surface area (Å²) in [5, 5.41) is 8.63. The van der Waals surface area contributed by atoms with E-state index in [4.69, 9.17) is 16.6 Å². The van der Waals surface area contributed by atoms with E-state index in [1.165, 1.54) is 11.1 Å². The second-order valence-electron chi connectivity index (χ2n) is 6.80. The number of anilines is 1. The Morgan fingerprint density at radius 1 is 0.862 bits per heavy atom. The highest BCUT2D eigenvalue weighted by molar-refractivity contribution is 7.08. The maximum absolute atomic E-state index is 6.32. The Morgan fingerprint density at radius 2 is 1.55 bits per heavy atom. The molecule has 29 heavy (non-hydrogen) atoms. The average Bonchev–Trinajstić information content (AvgIpc) is 3.41. The first-order valence-corrected chi connectivity index (χ1v) is 10.7. The van der Waals surface area contributed by atoms with E-state index >= 15 is 0 Å². The fourth-order valence-electron chi connectivity index (χ4n) is 3.54. The summed E-state index contributed by atoms with van der Waals surface area (Å²) in [6.07, 6.45) is 1.91. The van der Waals surface area contributed by atoms with Crippen molar-refractivity contribution in [3.63, 3.8) is 0 Å². The van der Waals surface area contributed by atoms with E-state index in [0.717, 1.165) is 22.7 Å². The number of nitrogens with one attached hydrogen (secondary N) is 1. The van der Waals surface area contributed by atoms with Crippen LogP contribution in [0.25, 0.3) is 16.9 Å². The molecule has 3 nitrogen and oxygen atoms in total. The van der Waals surface area contributed by atoms with Gasteiger partial charge in [0.2, 0.25) is 0 Å². The van der Waals surface area contributed by atoms with Gasteiger partial charge in [0.25, 0.3) is 0 Å². The molecule has 1 N–H and O–H groups in total. The predicted molar refractivity (Wildman–Crippen MR) is 122 cm³/mol. The molecule has 0 saturated carbocycles. The molecule has 0 bridgehead atoms. The van der Waals surface area contributed by atoms with E-state index < -0.39 is 0 Å². The minimum absolute atomic E-state index is 0.0198. The van der Waals surface area contributed by atoms with E-state index in [2.05, 4.69) is 70.7 Å². The van der Waals surface area contributed by atoms with Gasteiger partial charge in [-0.25, -0.2) is 4.98 Å². The summed E-state index contributed by atoms with van der Waals surface area (Å²) < 4.78 is 2.04. The molecule has 5 aromatic rings. The number of nitrogens with zero attached hydrogens (tertiary/aromatic N) is 2. The first-order chi connectivity index (χ1) is 14.3. The second kappa shape index (κ2) is 7.74. The molecule has 0 aliphatic rings. The first-order valence-electron chi connectivity index (χ1n) is 9.36. The van der Waals surface area contributed by atoms with Gasteiger partial charge in [-0.1, -0.05) is 72.3 Å². The summed E-state index contributed by atoms with van der Waals surface area (Å²) in [5.74, 6) is 0.929. The lowest BCUT2D eigenvalue weighted by atomic mass is 9.98. The Kier molecular flexibility index (Phi) is 4.80. The van der Waals surface area contributed by atoms with Crippen molar-refractivity contribution in [2.45, 2.75) is 6.04 Å².